The minimum Gasteiger partial charge on any atom is -0.468 e. The molecule has 0 aromatic heterocycles. The Morgan fingerprint density at radius 2 is 2.64 bits per heavy atom. The summed E-state index contributed by atoms with van der Waals surface area (Å²) in [6.45, 7) is 1.78. The van der Waals surface area contributed by atoms with E-state index in [4.69, 9.17) is 4.74 Å². The van der Waals surface area contributed by atoms with Crippen LogP contribution < -0.4 is 5.32 Å². The summed E-state index contributed by atoms with van der Waals surface area (Å²) in [6, 6.07) is 0.328. The van der Waals surface area contributed by atoms with Gasteiger partial charge in [0.1, 0.15) is 0 Å². The molecule has 1 saturated heterocycles. The average Bonchev–Trinajstić information content (AvgIpc) is 2.52. The molecule has 0 radical (unpaired) electrons. The van der Waals surface area contributed by atoms with Crippen LogP contribution in [0.1, 0.15) is 6.42 Å². The van der Waals surface area contributed by atoms with E-state index in [1.807, 2.05) is 0 Å². The molecular weight excluding hydrogens is 146 g/mol. The van der Waals surface area contributed by atoms with Crippen LogP contribution in [-0.2, 0) is 14.3 Å². The first-order valence-corrected chi connectivity index (χ1v) is 3.71. The predicted molar refractivity (Wildman–Crippen MR) is 39.2 cm³/mol. The number of hydrogen-bond acceptors (Lipinski definition) is 4. The Hall–Kier alpha value is -0.610. The fourth-order valence-corrected chi connectivity index (χ4v) is 0.995. The third-order valence-electron chi connectivity index (χ3n) is 1.69. The van der Waals surface area contributed by atoms with Gasteiger partial charge in [-0.1, -0.05) is 0 Å². The maximum Gasteiger partial charge on any atom is 0.319 e. The minimum absolute atomic E-state index is 0.225. The Balaban J connectivity index is 2.06. The molecule has 1 aliphatic rings. The zero-order chi connectivity index (χ0) is 8.10. The van der Waals surface area contributed by atoms with Gasteiger partial charge in [-0.3, -0.25) is 4.79 Å². The largest absolute Gasteiger partial charge is 0.468 e. The van der Waals surface area contributed by atoms with Crippen LogP contribution in [-0.4, -0.2) is 38.9 Å². The maximum atomic E-state index is 10.6. The molecule has 1 unspecified atom stereocenters. The summed E-state index contributed by atoms with van der Waals surface area (Å²) in [4.78, 5) is 10.6. The fraction of sp³-hybridized carbons (Fsp3) is 0.857. The number of carbonyl (C=O) groups is 1. The van der Waals surface area contributed by atoms with Gasteiger partial charge >= 0.3 is 5.97 Å². The van der Waals surface area contributed by atoms with E-state index in [9.17, 15) is 4.79 Å². The summed E-state index contributed by atoms with van der Waals surface area (Å²) in [5.41, 5.74) is 0. The molecule has 1 aliphatic heterocycles. The SMILES string of the molecule is COC(=O)CNC1CCOC1. The van der Waals surface area contributed by atoms with Gasteiger partial charge in [-0.05, 0) is 6.42 Å². The van der Waals surface area contributed by atoms with Crippen molar-refractivity contribution in [3.05, 3.63) is 0 Å². The van der Waals surface area contributed by atoms with Crippen molar-refractivity contribution in [2.45, 2.75) is 12.5 Å². The van der Waals surface area contributed by atoms with E-state index in [-0.39, 0.29) is 12.5 Å². The zero-order valence-corrected chi connectivity index (χ0v) is 6.63. The van der Waals surface area contributed by atoms with Crippen molar-refractivity contribution < 1.29 is 14.3 Å². The smallest absolute Gasteiger partial charge is 0.319 e. The Bertz CT molecular complexity index is 132. The molecule has 4 heteroatoms. The first-order chi connectivity index (χ1) is 5.33. The number of nitrogens with one attached hydrogen (secondary N) is 1. The van der Waals surface area contributed by atoms with Crippen LogP contribution in [0, 0.1) is 0 Å². The second-order valence-electron chi connectivity index (χ2n) is 2.52. The number of rotatable bonds is 3. The van der Waals surface area contributed by atoms with Crippen molar-refractivity contribution in [3.63, 3.8) is 0 Å². The molecule has 1 N–H and O–H groups in total. The van der Waals surface area contributed by atoms with Gasteiger partial charge in [-0.2, -0.15) is 0 Å². The van der Waals surface area contributed by atoms with Gasteiger partial charge < -0.3 is 14.8 Å². The summed E-state index contributed by atoms with van der Waals surface area (Å²) in [7, 11) is 1.38. The molecule has 1 heterocycles. The standard InChI is InChI=1S/C7H13NO3/c1-10-7(9)4-8-6-2-3-11-5-6/h6,8H,2-5H2,1H3. The molecule has 0 aliphatic carbocycles. The molecule has 0 aromatic rings. The van der Waals surface area contributed by atoms with Crippen molar-refractivity contribution in [2.24, 2.45) is 0 Å². The summed E-state index contributed by atoms with van der Waals surface area (Å²) >= 11 is 0. The van der Waals surface area contributed by atoms with E-state index in [0.29, 0.717) is 12.6 Å². The van der Waals surface area contributed by atoms with Crippen LogP contribution in [0.15, 0.2) is 0 Å². The fourth-order valence-electron chi connectivity index (χ4n) is 0.995. The highest BCUT2D eigenvalue weighted by molar-refractivity contribution is 5.71. The van der Waals surface area contributed by atoms with Crippen LogP contribution in [0.5, 0.6) is 0 Å². The minimum atomic E-state index is -0.225. The Morgan fingerprint density at radius 3 is 3.18 bits per heavy atom. The second-order valence-corrected chi connectivity index (χ2v) is 2.52. The van der Waals surface area contributed by atoms with Crippen molar-refractivity contribution in [1.29, 1.82) is 0 Å². The van der Waals surface area contributed by atoms with Gasteiger partial charge in [-0.15, -0.1) is 0 Å². The molecule has 0 amide bonds. The summed E-state index contributed by atoms with van der Waals surface area (Å²) in [5, 5.41) is 3.03. The molecule has 0 bridgehead atoms. The number of methoxy groups -OCH3 is 1. The van der Waals surface area contributed by atoms with Crippen molar-refractivity contribution in [2.75, 3.05) is 26.9 Å². The summed E-state index contributed by atoms with van der Waals surface area (Å²) in [6.07, 6.45) is 0.983. The van der Waals surface area contributed by atoms with Gasteiger partial charge in [0.15, 0.2) is 0 Å². The van der Waals surface area contributed by atoms with E-state index < -0.39 is 0 Å². The van der Waals surface area contributed by atoms with E-state index in [0.717, 1.165) is 13.0 Å². The number of hydrogen-bond donors (Lipinski definition) is 1. The summed E-state index contributed by atoms with van der Waals surface area (Å²) in [5.74, 6) is -0.225. The second kappa shape index (κ2) is 4.31. The molecule has 0 saturated carbocycles. The highest BCUT2D eigenvalue weighted by atomic mass is 16.5. The molecule has 1 rings (SSSR count). The van der Waals surface area contributed by atoms with E-state index in [1.54, 1.807) is 0 Å². The van der Waals surface area contributed by atoms with E-state index in [1.165, 1.54) is 7.11 Å². The third-order valence-corrected chi connectivity index (χ3v) is 1.69. The zero-order valence-electron chi connectivity index (χ0n) is 6.63. The van der Waals surface area contributed by atoms with Gasteiger partial charge in [0.2, 0.25) is 0 Å². The predicted octanol–water partition coefficient (Wildman–Crippen LogP) is -0.462. The molecular formula is C7H13NO3. The van der Waals surface area contributed by atoms with Gasteiger partial charge in [0, 0.05) is 12.6 Å². The quantitative estimate of drug-likeness (QED) is 0.566. The molecule has 64 valence electrons. The van der Waals surface area contributed by atoms with Crippen LogP contribution in [0.3, 0.4) is 0 Å². The first-order valence-electron chi connectivity index (χ1n) is 3.71. The van der Waals surface area contributed by atoms with Crippen molar-refractivity contribution in [1.82, 2.24) is 5.32 Å². The van der Waals surface area contributed by atoms with Crippen LogP contribution in [0.2, 0.25) is 0 Å². The first kappa shape index (κ1) is 8.49. The van der Waals surface area contributed by atoms with E-state index >= 15 is 0 Å². The topological polar surface area (TPSA) is 47.6 Å². The van der Waals surface area contributed by atoms with Crippen LogP contribution in [0.25, 0.3) is 0 Å². The molecule has 0 spiro atoms. The monoisotopic (exact) mass is 159 g/mol. The number of carbonyl (C=O) groups excluding carboxylic acids is 1. The Kier molecular flexibility index (Phi) is 3.32. The maximum absolute atomic E-state index is 10.6. The van der Waals surface area contributed by atoms with Gasteiger partial charge in [-0.25, -0.2) is 0 Å². The van der Waals surface area contributed by atoms with Crippen LogP contribution >= 0.6 is 0 Å². The number of esters is 1. The molecule has 0 aromatic carbocycles. The third kappa shape index (κ3) is 2.86. The molecule has 11 heavy (non-hydrogen) atoms. The summed E-state index contributed by atoms with van der Waals surface area (Å²) < 4.78 is 9.58. The average molecular weight is 159 g/mol. The highest BCUT2D eigenvalue weighted by Gasteiger charge is 2.15. The number of ether oxygens (including phenoxy) is 2. The lowest BCUT2D eigenvalue weighted by Gasteiger charge is -2.07. The molecule has 1 fully saturated rings. The molecule has 1 atom stereocenters. The van der Waals surface area contributed by atoms with E-state index in [2.05, 4.69) is 10.1 Å². The molecule has 4 nitrogen and oxygen atoms in total. The van der Waals surface area contributed by atoms with Crippen LogP contribution in [0.4, 0.5) is 0 Å². The van der Waals surface area contributed by atoms with Crippen molar-refractivity contribution in [3.8, 4) is 0 Å². The Labute approximate surface area is 65.9 Å². The van der Waals surface area contributed by atoms with Crippen molar-refractivity contribution >= 4 is 5.97 Å². The lowest BCUT2D eigenvalue weighted by Crippen LogP contribution is -2.34. The lowest BCUT2D eigenvalue weighted by molar-refractivity contribution is -0.139. The lowest BCUT2D eigenvalue weighted by atomic mass is 10.3. The highest BCUT2D eigenvalue weighted by Crippen LogP contribution is 2.02. The normalized spacial score (nSPS) is 23.5. The van der Waals surface area contributed by atoms with Gasteiger partial charge in [0.05, 0.1) is 20.3 Å². The van der Waals surface area contributed by atoms with Gasteiger partial charge in [0.25, 0.3) is 0 Å². The Morgan fingerprint density at radius 1 is 1.82 bits per heavy atom.